The molecule has 0 saturated carbocycles. The van der Waals surface area contributed by atoms with Crippen molar-refractivity contribution in [1.29, 1.82) is 0 Å². The molecular formula is C50H60N2O4P2. The Hall–Kier alpha value is -4.96. The minimum atomic E-state index is -1.64. The van der Waals surface area contributed by atoms with Gasteiger partial charge >= 0.3 is 0 Å². The number of benzene rings is 6. The van der Waals surface area contributed by atoms with Gasteiger partial charge < -0.3 is 29.6 Å². The van der Waals surface area contributed by atoms with Crippen LogP contribution >= 0.6 is 14.5 Å². The number of carboxylic acids is 2. The number of carboxylic acid groups (broad SMARTS) is 2. The highest BCUT2D eigenvalue weighted by Crippen LogP contribution is 2.56. The molecule has 58 heavy (non-hydrogen) atoms. The highest BCUT2D eigenvalue weighted by molar-refractivity contribution is 7.96. The summed E-state index contributed by atoms with van der Waals surface area (Å²) in [4.78, 5) is 22.4. The molecule has 6 aromatic rings. The molecule has 304 valence electrons. The summed E-state index contributed by atoms with van der Waals surface area (Å²) in [5.41, 5.74) is 0. The minimum Gasteiger partial charge on any atom is -0.550 e. The summed E-state index contributed by atoms with van der Waals surface area (Å²) >= 11 is 0. The van der Waals surface area contributed by atoms with Crippen LogP contribution in [0, 0.1) is 0 Å². The Morgan fingerprint density at radius 2 is 0.534 bits per heavy atom. The summed E-state index contributed by atoms with van der Waals surface area (Å²) in [6.45, 7) is 4.18. The molecule has 0 spiro atoms. The van der Waals surface area contributed by atoms with Crippen molar-refractivity contribution in [3.63, 3.8) is 0 Å². The Bertz CT molecular complexity index is 1650. The van der Waals surface area contributed by atoms with Crippen molar-refractivity contribution in [3.8, 4) is 0 Å². The summed E-state index contributed by atoms with van der Waals surface area (Å²) in [5, 5.41) is 26.6. The van der Waals surface area contributed by atoms with E-state index in [9.17, 15) is 0 Å². The van der Waals surface area contributed by atoms with Gasteiger partial charge in [0.1, 0.15) is 46.4 Å². The smallest absolute Gasteiger partial charge is 0.112 e. The number of carbonyl (C=O) groups is 2. The second-order valence-electron chi connectivity index (χ2n) is 14.4. The largest absolute Gasteiger partial charge is 0.550 e. The van der Waals surface area contributed by atoms with E-state index in [1.54, 1.807) is 0 Å². The van der Waals surface area contributed by atoms with Crippen molar-refractivity contribution < 1.29 is 19.8 Å². The summed E-state index contributed by atoms with van der Waals surface area (Å²) in [7, 11) is 5.37. The minimum absolute atomic E-state index is 0.972. The monoisotopic (exact) mass is 814 g/mol. The lowest BCUT2D eigenvalue weighted by Gasteiger charge is -2.28. The van der Waals surface area contributed by atoms with E-state index in [0.717, 1.165) is 26.9 Å². The summed E-state index contributed by atoms with van der Waals surface area (Å²) < 4.78 is 0. The fraction of sp³-hybridized carbons (Fsp3) is 0.240. The SMILES string of the molecule is CC(=O)[O-].CC(=O)[O-].CN(C)CCC[P+](c1ccccc1)(c1ccccc1)c1ccccc1.CN(C)CCC[P+](c1ccccc1)(c1ccccc1)c1ccccc1. The number of hydrogen-bond acceptors (Lipinski definition) is 6. The Kier molecular flexibility index (Phi) is 20.8. The van der Waals surface area contributed by atoms with Crippen LogP contribution in [-0.2, 0) is 9.59 Å². The maximum atomic E-state index is 8.89. The summed E-state index contributed by atoms with van der Waals surface area (Å²) in [5.74, 6) is -2.17. The molecule has 6 rings (SSSR count). The van der Waals surface area contributed by atoms with Crippen LogP contribution in [-0.4, -0.2) is 75.3 Å². The highest BCUT2D eigenvalue weighted by Gasteiger charge is 2.45. The Balaban J connectivity index is 0.000000262. The third-order valence-electron chi connectivity index (χ3n) is 9.38. The van der Waals surface area contributed by atoms with E-state index in [0.29, 0.717) is 0 Å². The molecule has 0 radical (unpaired) electrons. The van der Waals surface area contributed by atoms with Crippen LogP contribution in [0.2, 0.25) is 0 Å². The van der Waals surface area contributed by atoms with Gasteiger partial charge in [-0.05, 0) is 128 Å². The van der Waals surface area contributed by atoms with Crippen LogP contribution in [0.15, 0.2) is 182 Å². The molecule has 0 unspecified atom stereocenters. The first kappa shape index (κ1) is 47.4. The van der Waals surface area contributed by atoms with E-state index in [2.05, 4.69) is 220 Å². The Labute approximate surface area is 348 Å². The number of rotatable bonds is 14. The zero-order valence-corrected chi connectivity index (χ0v) is 36.8. The zero-order chi connectivity index (χ0) is 42.2. The Morgan fingerprint density at radius 1 is 0.379 bits per heavy atom. The average molecular weight is 815 g/mol. The maximum absolute atomic E-state index is 8.89. The molecule has 0 saturated heterocycles. The standard InChI is InChI=1S/2C23H27NP.2C2H4O2/c2*1-24(2)19-12-20-25(21-13-6-3-7-14-21,22-15-8-4-9-16-22)23-17-10-5-11-18-23;2*1-2(3)4/h2*3-11,13-18H,12,19-20H2,1-2H3;2*1H3,(H,3,4)/q2*+1;;/p-2. The number of carbonyl (C=O) groups excluding carboxylic acids is 2. The predicted octanol–water partition coefficient (Wildman–Crippen LogP) is 5.38. The first-order chi connectivity index (χ1) is 27.9. The zero-order valence-electron chi connectivity index (χ0n) is 35.0. The van der Waals surface area contributed by atoms with Crippen molar-refractivity contribution in [3.05, 3.63) is 182 Å². The first-order valence-electron chi connectivity index (χ1n) is 19.7. The van der Waals surface area contributed by atoms with Crippen LogP contribution in [0.1, 0.15) is 26.7 Å². The molecule has 0 aromatic heterocycles. The fourth-order valence-corrected chi connectivity index (χ4v) is 15.7. The maximum Gasteiger partial charge on any atom is 0.112 e. The normalized spacial score (nSPS) is 10.9. The molecule has 6 aromatic carbocycles. The van der Waals surface area contributed by atoms with Gasteiger partial charge in [0.2, 0.25) is 0 Å². The van der Waals surface area contributed by atoms with Crippen molar-refractivity contribution in [1.82, 2.24) is 9.80 Å². The van der Waals surface area contributed by atoms with Gasteiger partial charge in [0.25, 0.3) is 0 Å². The molecule has 0 aliphatic carbocycles. The second-order valence-corrected chi connectivity index (χ2v) is 21.6. The second kappa shape index (κ2) is 25.4. The van der Waals surface area contributed by atoms with Gasteiger partial charge in [-0.3, -0.25) is 0 Å². The number of hydrogen-bond donors (Lipinski definition) is 0. The number of nitrogens with zero attached hydrogens (tertiary/aromatic N) is 2. The van der Waals surface area contributed by atoms with E-state index in [4.69, 9.17) is 19.8 Å². The van der Waals surface area contributed by atoms with Crippen LogP contribution in [0.3, 0.4) is 0 Å². The lowest BCUT2D eigenvalue weighted by Crippen LogP contribution is -2.34. The topological polar surface area (TPSA) is 86.7 Å². The summed E-state index contributed by atoms with van der Waals surface area (Å²) in [6.07, 6.45) is 4.78. The van der Waals surface area contributed by atoms with Crippen LogP contribution in [0.4, 0.5) is 0 Å². The van der Waals surface area contributed by atoms with E-state index >= 15 is 0 Å². The van der Waals surface area contributed by atoms with E-state index in [-0.39, 0.29) is 0 Å². The quantitative estimate of drug-likeness (QED) is 0.138. The van der Waals surface area contributed by atoms with Crippen molar-refractivity contribution in [2.24, 2.45) is 0 Å². The average Bonchev–Trinajstić information content (AvgIpc) is 3.23. The van der Waals surface area contributed by atoms with Gasteiger partial charge in [0.15, 0.2) is 0 Å². The van der Waals surface area contributed by atoms with Gasteiger partial charge in [0.05, 0.1) is 12.3 Å². The van der Waals surface area contributed by atoms with E-state index in [1.165, 1.54) is 57.0 Å². The molecule has 6 nitrogen and oxygen atoms in total. The molecule has 0 fully saturated rings. The molecule has 0 bridgehead atoms. The third-order valence-corrected chi connectivity index (χ3v) is 18.4. The van der Waals surface area contributed by atoms with Crippen LogP contribution in [0.5, 0.6) is 0 Å². The van der Waals surface area contributed by atoms with Crippen molar-refractivity contribution in [2.75, 3.05) is 53.6 Å². The van der Waals surface area contributed by atoms with Gasteiger partial charge in [-0.25, -0.2) is 0 Å². The first-order valence-corrected chi connectivity index (χ1v) is 23.6. The molecule has 0 aliphatic heterocycles. The van der Waals surface area contributed by atoms with Gasteiger partial charge in [-0.1, -0.05) is 109 Å². The highest BCUT2D eigenvalue weighted by atomic mass is 31.2. The third kappa shape index (κ3) is 14.8. The van der Waals surface area contributed by atoms with Crippen LogP contribution < -0.4 is 42.0 Å². The predicted molar refractivity (Wildman–Crippen MR) is 248 cm³/mol. The number of aliphatic carboxylic acids is 2. The molecular weight excluding hydrogens is 755 g/mol. The molecule has 0 aliphatic rings. The molecule has 0 amide bonds. The van der Waals surface area contributed by atoms with Gasteiger partial charge in [-0.15, -0.1) is 0 Å². The molecule has 0 atom stereocenters. The molecule has 0 N–H and O–H groups in total. The van der Waals surface area contributed by atoms with Crippen molar-refractivity contribution in [2.45, 2.75) is 26.7 Å². The fourth-order valence-electron chi connectivity index (χ4n) is 7.01. The van der Waals surface area contributed by atoms with Crippen molar-refractivity contribution >= 4 is 58.3 Å². The lowest BCUT2D eigenvalue weighted by molar-refractivity contribution is -0.303. The van der Waals surface area contributed by atoms with E-state index in [1.807, 2.05) is 0 Å². The van der Waals surface area contributed by atoms with Gasteiger partial charge in [0, 0.05) is 25.0 Å². The van der Waals surface area contributed by atoms with Crippen LogP contribution in [0.25, 0.3) is 0 Å². The molecule has 0 heterocycles. The molecule has 8 heteroatoms. The lowest BCUT2D eigenvalue weighted by atomic mass is 10.3. The Morgan fingerprint density at radius 3 is 0.672 bits per heavy atom. The van der Waals surface area contributed by atoms with E-state index < -0.39 is 26.5 Å². The summed E-state index contributed by atoms with van der Waals surface area (Å²) in [6, 6.07) is 66.8. The van der Waals surface area contributed by atoms with Gasteiger partial charge in [-0.2, -0.15) is 0 Å².